The summed E-state index contributed by atoms with van der Waals surface area (Å²) < 4.78 is 0. The summed E-state index contributed by atoms with van der Waals surface area (Å²) in [6.45, 7) is 7.48. The maximum absolute atomic E-state index is 5.61. The number of nitrogens with two attached hydrogens (primary N) is 1. The Balaban J connectivity index is 2.08. The van der Waals surface area contributed by atoms with Crippen LogP contribution in [-0.2, 0) is 6.54 Å². The van der Waals surface area contributed by atoms with Crippen LogP contribution in [0.15, 0.2) is 18.3 Å². The fourth-order valence-corrected chi connectivity index (χ4v) is 2.34. The Bertz CT molecular complexity index is 349. The number of rotatable bonds is 3. The van der Waals surface area contributed by atoms with Crippen LogP contribution in [0.25, 0.3) is 0 Å². The zero-order valence-electron chi connectivity index (χ0n) is 10.2. The van der Waals surface area contributed by atoms with E-state index in [2.05, 4.69) is 35.9 Å². The smallest absolute Gasteiger partial charge is 0.0560 e. The van der Waals surface area contributed by atoms with Gasteiger partial charge in [-0.15, -0.1) is 0 Å². The van der Waals surface area contributed by atoms with E-state index in [1.165, 1.54) is 18.7 Å². The SMILES string of the molecule is CC(C)C1CCN(c2ccnc(CN)c2)C1. The van der Waals surface area contributed by atoms with Crippen LogP contribution in [0.5, 0.6) is 0 Å². The second-order valence-electron chi connectivity index (χ2n) is 4.95. The van der Waals surface area contributed by atoms with E-state index in [-0.39, 0.29) is 0 Å². The minimum absolute atomic E-state index is 0.523. The Kier molecular flexibility index (Phi) is 3.44. The highest BCUT2D eigenvalue weighted by Crippen LogP contribution is 2.28. The second-order valence-corrected chi connectivity index (χ2v) is 4.95. The number of anilines is 1. The summed E-state index contributed by atoms with van der Waals surface area (Å²) in [7, 11) is 0. The molecule has 1 saturated heterocycles. The number of pyridine rings is 1. The molecular formula is C13H21N3. The quantitative estimate of drug-likeness (QED) is 0.845. The molecule has 16 heavy (non-hydrogen) atoms. The van der Waals surface area contributed by atoms with Crippen molar-refractivity contribution in [2.45, 2.75) is 26.8 Å². The molecule has 1 aliphatic heterocycles. The largest absolute Gasteiger partial charge is 0.371 e. The first-order valence-corrected chi connectivity index (χ1v) is 6.10. The zero-order valence-corrected chi connectivity index (χ0v) is 10.2. The van der Waals surface area contributed by atoms with Crippen molar-refractivity contribution in [3.05, 3.63) is 24.0 Å². The van der Waals surface area contributed by atoms with E-state index in [9.17, 15) is 0 Å². The topological polar surface area (TPSA) is 42.2 Å². The lowest BCUT2D eigenvalue weighted by Gasteiger charge is -2.20. The summed E-state index contributed by atoms with van der Waals surface area (Å²) in [5.74, 6) is 1.61. The zero-order chi connectivity index (χ0) is 11.5. The molecule has 1 unspecified atom stereocenters. The Morgan fingerprint density at radius 2 is 2.38 bits per heavy atom. The Labute approximate surface area is 97.7 Å². The number of aromatic nitrogens is 1. The predicted octanol–water partition coefficient (Wildman–Crippen LogP) is 2.02. The Morgan fingerprint density at radius 3 is 3.00 bits per heavy atom. The second kappa shape index (κ2) is 4.83. The van der Waals surface area contributed by atoms with Crippen LogP contribution in [0.4, 0.5) is 5.69 Å². The van der Waals surface area contributed by atoms with E-state index in [0.29, 0.717) is 6.54 Å². The average molecular weight is 219 g/mol. The fourth-order valence-electron chi connectivity index (χ4n) is 2.34. The van der Waals surface area contributed by atoms with Crippen molar-refractivity contribution in [1.29, 1.82) is 0 Å². The first kappa shape index (κ1) is 11.4. The molecule has 1 atom stereocenters. The van der Waals surface area contributed by atoms with Gasteiger partial charge in [0.15, 0.2) is 0 Å². The van der Waals surface area contributed by atoms with Crippen molar-refractivity contribution >= 4 is 5.69 Å². The molecule has 2 N–H and O–H groups in total. The molecule has 0 spiro atoms. The van der Waals surface area contributed by atoms with Gasteiger partial charge in [-0.1, -0.05) is 13.8 Å². The van der Waals surface area contributed by atoms with Gasteiger partial charge in [0.2, 0.25) is 0 Å². The Morgan fingerprint density at radius 1 is 1.56 bits per heavy atom. The van der Waals surface area contributed by atoms with Crippen LogP contribution in [0.1, 0.15) is 26.0 Å². The first-order valence-electron chi connectivity index (χ1n) is 6.10. The highest BCUT2D eigenvalue weighted by atomic mass is 15.2. The van der Waals surface area contributed by atoms with Gasteiger partial charge in [-0.05, 0) is 30.4 Å². The molecule has 88 valence electrons. The normalized spacial score (nSPS) is 20.8. The molecule has 1 aromatic heterocycles. The molecule has 0 aromatic carbocycles. The van der Waals surface area contributed by atoms with Gasteiger partial charge < -0.3 is 10.6 Å². The van der Waals surface area contributed by atoms with Crippen molar-refractivity contribution < 1.29 is 0 Å². The van der Waals surface area contributed by atoms with Gasteiger partial charge in [-0.3, -0.25) is 4.98 Å². The van der Waals surface area contributed by atoms with Crippen LogP contribution in [0.3, 0.4) is 0 Å². The highest BCUT2D eigenvalue weighted by Gasteiger charge is 2.24. The van der Waals surface area contributed by atoms with Crippen molar-refractivity contribution in [3.63, 3.8) is 0 Å². The lowest BCUT2D eigenvalue weighted by molar-refractivity contribution is 0.423. The number of hydrogen-bond acceptors (Lipinski definition) is 3. The molecule has 0 radical (unpaired) electrons. The summed E-state index contributed by atoms with van der Waals surface area (Å²) in [6, 6.07) is 4.20. The van der Waals surface area contributed by atoms with Crippen LogP contribution in [0.2, 0.25) is 0 Å². The summed E-state index contributed by atoms with van der Waals surface area (Å²) in [6.07, 6.45) is 3.16. The van der Waals surface area contributed by atoms with Gasteiger partial charge in [0.1, 0.15) is 0 Å². The van der Waals surface area contributed by atoms with Crippen molar-refractivity contribution in [3.8, 4) is 0 Å². The van der Waals surface area contributed by atoms with Gasteiger partial charge in [0, 0.05) is 31.5 Å². The lowest BCUT2D eigenvalue weighted by Crippen LogP contribution is -2.21. The standard InChI is InChI=1S/C13H21N3/c1-10(2)11-4-6-16(9-11)13-3-5-15-12(7-13)8-14/h3,5,7,10-11H,4,6,8-9,14H2,1-2H3. The lowest BCUT2D eigenvalue weighted by atomic mass is 9.95. The molecule has 1 fully saturated rings. The van der Waals surface area contributed by atoms with Crippen LogP contribution < -0.4 is 10.6 Å². The summed E-state index contributed by atoms with van der Waals surface area (Å²) in [5, 5.41) is 0. The minimum atomic E-state index is 0.523. The molecule has 2 rings (SSSR count). The molecule has 0 saturated carbocycles. The van der Waals surface area contributed by atoms with Crippen molar-refractivity contribution in [2.24, 2.45) is 17.6 Å². The monoisotopic (exact) mass is 219 g/mol. The van der Waals surface area contributed by atoms with Crippen LogP contribution in [0, 0.1) is 11.8 Å². The van der Waals surface area contributed by atoms with Gasteiger partial charge in [0.05, 0.1) is 5.69 Å². The predicted molar refractivity (Wildman–Crippen MR) is 67.3 cm³/mol. The number of hydrogen-bond donors (Lipinski definition) is 1. The van der Waals surface area contributed by atoms with Gasteiger partial charge in [0.25, 0.3) is 0 Å². The average Bonchev–Trinajstić information content (AvgIpc) is 2.78. The molecule has 3 heteroatoms. The van der Waals surface area contributed by atoms with Crippen molar-refractivity contribution in [1.82, 2.24) is 4.98 Å². The summed E-state index contributed by atoms with van der Waals surface area (Å²) in [4.78, 5) is 6.68. The molecule has 3 nitrogen and oxygen atoms in total. The first-order chi connectivity index (χ1) is 7.70. The molecule has 0 amide bonds. The number of nitrogens with zero attached hydrogens (tertiary/aromatic N) is 2. The van der Waals surface area contributed by atoms with Crippen LogP contribution >= 0.6 is 0 Å². The molecule has 0 bridgehead atoms. The van der Waals surface area contributed by atoms with Crippen LogP contribution in [-0.4, -0.2) is 18.1 Å². The van der Waals surface area contributed by atoms with Crippen molar-refractivity contribution in [2.75, 3.05) is 18.0 Å². The molecule has 2 heterocycles. The molecule has 1 aromatic rings. The third-order valence-corrected chi connectivity index (χ3v) is 3.54. The minimum Gasteiger partial charge on any atom is -0.371 e. The maximum atomic E-state index is 5.61. The maximum Gasteiger partial charge on any atom is 0.0560 e. The molecular weight excluding hydrogens is 198 g/mol. The summed E-state index contributed by atoms with van der Waals surface area (Å²) in [5.41, 5.74) is 7.87. The third-order valence-electron chi connectivity index (χ3n) is 3.54. The van der Waals surface area contributed by atoms with Gasteiger partial charge in [-0.25, -0.2) is 0 Å². The van der Waals surface area contributed by atoms with Gasteiger partial charge >= 0.3 is 0 Å². The van der Waals surface area contributed by atoms with E-state index >= 15 is 0 Å². The van der Waals surface area contributed by atoms with E-state index in [0.717, 1.165) is 24.1 Å². The fraction of sp³-hybridized carbons (Fsp3) is 0.615. The molecule has 0 aliphatic carbocycles. The van der Waals surface area contributed by atoms with E-state index in [4.69, 9.17) is 5.73 Å². The molecule has 1 aliphatic rings. The third kappa shape index (κ3) is 2.35. The van der Waals surface area contributed by atoms with E-state index in [1.807, 2.05) is 6.20 Å². The van der Waals surface area contributed by atoms with E-state index < -0.39 is 0 Å². The van der Waals surface area contributed by atoms with E-state index in [1.54, 1.807) is 0 Å². The Hall–Kier alpha value is -1.09. The van der Waals surface area contributed by atoms with Gasteiger partial charge in [-0.2, -0.15) is 0 Å². The summed E-state index contributed by atoms with van der Waals surface area (Å²) >= 11 is 0. The highest BCUT2D eigenvalue weighted by molar-refractivity contribution is 5.47.